The number of aliphatic hydroxyl groups is 1. The predicted octanol–water partition coefficient (Wildman–Crippen LogP) is 1.08. The quantitative estimate of drug-likeness (QED) is 0.741. The molecule has 0 aliphatic carbocycles. The lowest BCUT2D eigenvalue weighted by Crippen LogP contribution is -2.66. The van der Waals surface area contributed by atoms with Crippen LogP contribution < -0.4 is 0 Å². The third-order valence-electron chi connectivity index (χ3n) is 5.08. The van der Waals surface area contributed by atoms with Crippen LogP contribution >= 0.6 is 0 Å². The molecule has 2 fully saturated rings. The Balaban J connectivity index is 2.47. The fourth-order valence-corrected chi connectivity index (χ4v) is 3.72. The Hall–Kier alpha value is -0.610. The van der Waals surface area contributed by atoms with Gasteiger partial charge in [0.15, 0.2) is 0 Å². The molecule has 4 heteroatoms. The molecule has 0 spiro atoms. The lowest BCUT2D eigenvalue weighted by atomic mass is 9.63. The topological polar surface area (TPSA) is 60.8 Å². The number of carboxylic acid groups (broad SMARTS) is 1. The van der Waals surface area contributed by atoms with E-state index >= 15 is 0 Å². The first-order chi connectivity index (χ1) is 7.37. The third kappa shape index (κ3) is 1.20. The number of nitrogens with zero attached hydrogens (tertiary/aromatic N) is 1. The van der Waals surface area contributed by atoms with Crippen LogP contribution in [0.15, 0.2) is 0 Å². The third-order valence-corrected chi connectivity index (χ3v) is 5.08. The maximum atomic E-state index is 11.6. The number of rotatable bonds is 2. The zero-order valence-corrected chi connectivity index (χ0v) is 10.2. The Labute approximate surface area is 96.3 Å². The van der Waals surface area contributed by atoms with Gasteiger partial charge in [-0.05, 0) is 39.7 Å². The molecule has 0 aromatic rings. The highest BCUT2D eigenvalue weighted by atomic mass is 16.4. The minimum absolute atomic E-state index is 0.0336. The first-order valence-corrected chi connectivity index (χ1v) is 6.04. The summed E-state index contributed by atoms with van der Waals surface area (Å²) in [7, 11) is 1.98. The van der Waals surface area contributed by atoms with Gasteiger partial charge in [0.05, 0.1) is 5.60 Å². The van der Waals surface area contributed by atoms with Crippen molar-refractivity contribution < 1.29 is 15.0 Å². The molecule has 92 valence electrons. The molecule has 2 rings (SSSR count). The van der Waals surface area contributed by atoms with Crippen LogP contribution in [0.25, 0.3) is 0 Å². The summed E-state index contributed by atoms with van der Waals surface area (Å²) in [6.07, 6.45) is 2.98. The average Bonchev–Trinajstić information content (AvgIpc) is 2.52. The van der Waals surface area contributed by atoms with Gasteiger partial charge in [0.1, 0.15) is 5.41 Å². The van der Waals surface area contributed by atoms with Gasteiger partial charge in [0.2, 0.25) is 0 Å². The summed E-state index contributed by atoms with van der Waals surface area (Å²) in [4.78, 5) is 13.7. The normalized spacial score (nSPS) is 48.2. The lowest BCUT2D eigenvalue weighted by Gasteiger charge is -2.53. The summed E-state index contributed by atoms with van der Waals surface area (Å²) in [5.41, 5.74) is -2.10. The van der Waals surface area contributed by atoms with Gasteiger partial charge < -0.3 is 10.2 Å². The maximum Gasteiger partial charge on any atom is 0.313 e. The molecular formula is C12H21NO3. The van der Waals surface area contributed by atoms with E-state index in [9.17, 15) is 15.0 Å². The summed E-state index contributed by atoms with van der Waals surface area (Å²) in [6.45, 7) is 3.59. The summed E-state index contributed by atoms with van der Waals surface area (Å²) in [5.74, 6) is -0.867. The molecular weight excluding hydrogens is 206 g/mol. The molecule has 2 heterocycles. The highest BCUT2D eigenvalue weighted by molar-refractivity contribution is 5.77. The van der Waals surface area contributed by atoms with Crippen LogP contribution in [0.4, 0.5) is 0 Å². The Morgan fingerprint density at radius 1 is 1.50 bits per heavy atom. The van der Waals surface area contributed by atoms with Gasteiger partial charge in [-0.15, -0.1) is 0 Å². The number of fused-ring (bicyclic) bond motifs is 2. The van der Waals surface area contributed by atoms with Gasteiger partial charge in [-0.3, -0.25) is 9.69 Å². The molecule has 2 aliphatic rings. The number of carbonyl (C=O) groups is 1. The fraction of sp³-hybridized carbons (Fsp3) is 0.917. The molecule has 0 saturated carbocycles. The highest BCUT2D eigenvalue weighted by Crippen LogP contribution is 2.52. The molecule has 0 unspecified atom stereocenters. The van der Waals surface area contributed by atoms with Crippen LogP contribution in [-0.2, 0) is 4.79 Å². The lowest BCUT2D eigenvalue weighted by molar-refractivity contribution is -0.191. The van der Waals surface area contributed by atoms with Gasteiger partial charge in [-0.25, -0.2) is 0 Å². The second kappa shape index (κ2) is 3.44. The van der Waals surface area contributed by atoms with Crippen LogP contribution in [0.5, 0.6) is 0 Å². The minimum atomic E-state index is -1.06. The van der Waals surface area contributed by atoms with E-state index in [1.165, 1.54) is 0 Å². The number of piperidine rings is 1. The van der Waals surface area contributed by atoms with E-state index in [4.69, 9.17) is 0 Å². The van der Waals surface area contributed by atoms with E-state index in [0.29, 0.717) is 18.9 Å². The Morgan fingerprint density at radius 2 is 2.12 bits per heavy atom. The molecule has 16 heavy (non-hydrogen) atoms. The molecule has 2 aliphatic heterocycles. The van der Waals surface area contributed by atoms with Gasteiger partial charge in [-0.1, -0.05) is 6.92 Å². The summed E-state index contributed by atoms with van der Waals surface area (Å²) in [6, 6.07) is 0.316. The van der Waals surface area contributed by atoms with E-state index in [-0.39, 0.29) is 6.04 Å². The van der Waals surface area contributed by atoms with Crippen molar-refractivity contribution in [3.63, 3.8) is 0 Å². The molecule has 0 aromatic heterocycles. The Kier molecular flexibility index (Phi) is 2.55. The van der Waals surface area contributed by atoms with E-state index in [2.05, 4.69) is 4.90 Å². The van der Waals surface area contributed by atoms with E-state index < -0.39 is 17.0 Å². The smallest absolute Gasteiger partial charge is 0.313 e. The first kappa shape index (κ1) is 11.9. The van der Waals surface area contributed by atoms with Crippen molar-refractivity contribution in [2.24, 2.45) is 5.41 Å². The van der Waals surface area contributed by atoms with Crippen LogP contribution in [-0.4, -0.2) is 45.8 Å². The summed E-state index contributed by atoms with van der Waals surface area (Å²) >= 11 is 0. The van der Waals surface area contributed by atoms with Gasteiger partial charge in [-0.2, -0.15) is 0 Å². The van der Waals surface area contributed by atoms with Crippen LogP contribution in [0.2, 0.25) is 0 Å². The second-order valence-corrected chi connectivity index (χ2v) is 5.51. The van der Waals surface area contributed by atoms with Crippen molar-refractivity contribution in [1.82, 2.24) is 4.90 Å². The van der Waals surface area contributed by atoms with Gasteiger partial charge >= 0.3 is 5.97 Å². The Morgan fingerprint density at radius 3 is 2.62 bits per heavy atom. The maximum absolute atomic E-state index is 11.6. The first-order valence-electron chi connectivity index (χ1n) is 6.04. The number of carboxylic acids is 1. The van der Waals surface area contributed by atoms with Gasteiger partial charge in [0, 0.05) is 12.1 Å². The summed E-state index contributed by atoms with van der Waals surface area (Å²) in [5, 5.41) is 20.2. The standard InChI is InChI=1S/C12H21NO3/c1-4-12(16)7-8-5-6-9(13(8)3)11(12,2)10(14)15/h8-9,16H,4-7H2,1-3H3,(H,14,15)/t8-,9+,11-,12-/m0/s1. The zero-order valence-electron chi connectivity index (χ0n) is 10.2. The molecule has 2 bridgehead atoms. The largest absolute Gasteiger partial charge is 0.481 e. The molecule has 0 radical (unpaired) electrons. The SMILES string of the molecule is CC[C@]1(O)C[C@@H]2CC[C@@H](N2C)[C@@]1(C)C(=O)O. The van der Waals surface area contributed by atoms with Crippen molar-refractivity contribution in [3.05, 3.63) is 0 Å². The number of hydrogen-bond acceptors (Lipinski definition) is 3. The molecule has 0 amide bonds. The van der Waals surface area contributed by atoms with Crippen molar-refractivity contribution in [2.45, 2.75) is 57.2 Å². The van der Waals surface area contributed by atoms with Gasteiger partial charge in [0.25, 0.3) is 0 Å². The number of aliphatic carboxylic acids is 1. The van der Waals surface area contributed by atoms with Crippen molar-refractivity contribution in [3.8, 4) is 0 Å². The average molecular weight is 227 g/mol. The highest BCUT2D eigenvalue weighted by Gasteiger charge is 2.63. The predicted molar refractivity (Wildman–Crippen MR) is 60.2 cm³/mol. The van der Waals surface area contributed by atoms with E-state index in [1.807, 2.05) is 14.0 Å². The molecule has 0 aromatic carbocycles. The molecule has 4 atom stereocenters. The molecule has 2 saturated heterocycles. The van der Waals surface area contributed by atoms with Crippen molar-refractivity contribution in [1.29, 1.82) is 0 Å². The van der Waals surface area contributed by atoms with Crippen LogP contribution in [0.3, 0.4) is 0 Å². The second-order valence-electron chi connectivity index (χ2n) is 5.51. The zero-order chi connectivity index (χ0) is 12.1. The monoisotopic (exact) mass is 227 g/mol. The Bertz CT molecular complexity index is 319. The van der Waals surface area contributed by atoms with E-state index in [0.717, 1.165) is 12.8 Å². The fourth-order valence-electron chi connectivity index (χ4n) is 3.72. The van der Waals surface area contributed by atoms with Crippen molar-refractivity contribution >= 4 is 5.97 Å². The summed E-state index contributed by atoms with van der Waals surface area (Å²) < 4.78 is 0. The van der Waals surface area contributed by atoms with E-state index in [1.54, 1.807) is 6.92 Å². The minimum Gasteiger partial charge on any atom is -0.481 e. The van der Waals surface area contributed by atoms with Crippen LogP contribution in [0.1, 0.15) is 39.5 Å². The number of hydrogen-bond donors (Lipinski definition) is 2. The molecule has 2 N–H and O–H groups in total. The van der Waals surface area contributed by atoms with Crippen LogP contribution in [0, 0.1) is 5.41 Å². The molecule has 4 nitrogen and oxygen atoms in total. The van der Waals surface area contributed by atoms with Crippen molar-refractivity contribution in [2.75, 3.05) is 7.05 Å².